The molecule has 0 aliphatic rings. The minimum atomic E-state index is -4.10. The molecule has 1 aromatic carbocycles. The second kappa shape index (κ2) is 5.06. The van der Waals surface area contributed by atoms with Crippen LogP contribution in [0.3, 0.4) is 0 Å². The van der Waals surface area contributed by atoms with E-state index in [-0.39, 0.29) is 16.7 Å². The Morgan fingerprint density at radius 1 is 1.45 bits per heavy atom. The van der Waals surface area contributed by atoms with Crippen molar-refractivity contribution in [3.63, 3.8) is 0 Å². The molecule has 0 spiro atoms. The number of hydrogen-bond donors (Lipinski definition) is 1. The summed E-state index contributed by atoms with van der Waals surface area (Å²) in [6, 6.07) is 3.13. The Morgan fingerprint density at radius 3 is 2.70 bits per heavy atom. The van der Waals surface area contributed by atoms with E-state index in [0.29, 0.717) is 0 Å². The van der Waals surface area contributed by atoms with Crippen molar-refractivity contribution in [3.8, 4) is 0 Å². The first-order valence-corrected chi connectivity index (χ1v) is 6.98. The van der Waals surface area contributed by atoms with E-state index in [9.17, 15) is 18.5 Å². The summed E-state index contributed by atoms with van der Waals surface area (Å²) in [6.45, 7) is 0. The van der Waals surface area contributed by atoms with Crippen LogP contribution in [-0.2, 0) is 17.1 Å². The normalized spacial score (nSPS) is 11.3. The number of hydrogen-bond acceptors (Lipinski definition) is 6. The molecule has 0 aliphatic heterocycles. The number of nitro benzene ring substituents is 1. The molecule has 9 nitrogen and oxygen atoms in total. The van der Waals surface area contributed by atoms with Gasteiger partial charge in [0, 0.05) is 19.2 Å². The first-order valence-electron chi connectivity index (χ1n) is 5.12. The van der Waals surface area contributed by atoms with E-state index >= 15 is 0 Å². The van der Waals surface area contributed by atoms with Gasteiger partial charge in [0.25, 0.3) is 15.7 Å². The molecule has 2 rings (SSSR count). The number of benzene rings is 1. The lowest BCUT2D eigenvalue weighted by Crippen LogP contribution is -2.16. The molecule has 0 radical (unpaired) electrons. The molecule has 0 unspecified atom stereocenters. The number of aryl methyl sites for hydroxylation is 1. The highest BCUT2D eigenvalue weighted by atomic mass is 35.5. The van der Waals surface area contributed by atoms with Crippen LogP contribution >= 0.6 is 11.6 Å². The van der Waals surface area contributed by atoms with Gasteiger partial charge in [0.1, 0.15) is 11.2 Å². The third kappa shape index (κ3) is 2.70. The van der Waals surface area contributed by atoms with Crippen molar-refractivity contribution in [1.82, 2.24) is 14.8 Å². The van der Waals surface area contributed by atoms with Crippen LogP contribution in [0.4, 0.5) is 11.6 Å². The van der Waals surface area contributed by atoms with Crippen molar-refractivity contribution < 1.29 is 13.3 Å². The molecule has 0 aliphatic carbocycles. The highest BCUT2D eigenvalue weighted by Crippen LogP contribution is 2.27. The van der Waals surface area contributed by atoms with Crippen LogP contribution in [0.5, 0.6) is 0 Å². The first-order chi connectivity index (χ1) is 9.31. The molecular weight excluding hydrogens is 310 g/mol. The quantitative estimate of drug-likeness (QED) is 0.667. The number of nitrogens with zero attached hydrogens (tertiary/aromatic N) is 4. The molecule has 11 heteroatoms. The predicted molar refractivity (Wildman–Crippen MR) is 69.9 cm³/mol. The van der Waals surface area contributed by atoms with Gasteiger partial charge in [-0.15, -0.1) is 0 Å². The molecule has 106 valence electrons. The number of anilines is 1. The highest BCUT2D eigenvalue weighted by Gasteiger charge is 2.23. The fourth-order valence-electron chi connectivity index (χ4n) is 1.38. The lowest BCUT2D eigenvalue weighted by atomic mass is 10.3. The van der Waals surface area contributed by atoms with Crippen LogP contribution in [0.2, 0.25) is 5.02 Å². The van der Waals surface area contributed by atoms with Gasteiger partial charge in [-0.05, 0) is 6.07 Å². The van der Waals surface area contributed by atoms with Gasteiger partial charge in [0.2, 0.25) is 5.95 Å². The summed E-state index contributed by atoms with van der Waals surface area (Å²) in [4.78, 5) is 13.3. The third-order valence-corrected chi connectivity index (χ3v) is 4.16. The van der Waals surface area contributed by atoms with Crippen LogP contribution in [0.1, 0.15) is 0 Å². The van der Waals surface area contributed by atoms with E-state index in [4.69, 9.17) is 11.6 Å². The van der Waals surface area contributed by atoms with E-state index in [1.54, 1.807) is 0 Å². The number of non-ortho nitro benzene ring substituents is 1. The molecule has 0 bridgehead atoms. The zero-order valence-corrected chi connectivity index (χ0v) is 11.6. The Morgan fingerprint density at radius 2 is 2.15 bits per heavy atom. The SMILES string of the molecule is Cn1ncnc1NS(=O)(=O)c1cc([N+](=O)[O-])ccc1Cl. The van der Waals surface area contributed by atoms with Crippen molar-refractivity contribution in [2.75, 3.05) is 4.72 Å². The molecule has 2 aromatic rings. The van der Waals surface area contributed by atoms with Crippen molar-refractivity contribution in [3.05, 3.63) is 39.7 Å². The average molecular weight is 318 g/mol. The second-order valence-corrected chi connectivity index (χ2v) is 5.74. The number of halogens is 1. The number of aromatic nitrogens is 3. The predicted octanol–water partition coefficient (Wildman–Crippen LogP) is 1.18. The molecule has 0 amide bonds. The second-order valence-electron chi connectivity index (χ2n) is 3.68. The molecule has 0 atom stereocenters. The summed E-state index contributed by atoms with van der Waals surface area (Å²) in [5, 5.41) is 14.2. The van der Waals surface area contributed by atoms with Gasteiger partial charge in [-0.2, -0.15) is 10.1 Å². The van der Waals surface area contributed by atoms with Crippen LogP contribution in [-0.4, -0.2) is 28.1 Å². The van der Waals surface area contributed by atoms with Crippen molar-refractivity contribution in [1.29, 1.82) is 0 Å². The molecule has 20 heavy (non-hydrogen) atoms. The summed E-state index contributed by atoms with van der Waals surface area (Å²) >= 11 is 5.78. The Bertz CT molecular complexity index is 772. The van der Waals surface area contributed by atoms with Crippen molar-refractivity contribution >= 4 is 33.3 Å². The van der Waals surface area contributed by atoms with E-state index in [2.05, 4.69) is 14.8 Å². The van der Waals surface area contributed by atoms with Gasteiger partial charge < -0.3 is 0 Å². The topological polar surface area (TPSA) is 120 Å². The van der Waals surface area contributed by atoms with Crippen molar-refractivity contribution in [2.24, 2.45) is 7.05 Å². The Labute approximate surface area is 118 Å². The average Bonchev–Trinajstić information content (AvgIpc) is 2.74. The maximum atomic E-state index is 12.1. The highest BCUT2D eigenvalue weighted by molar-refractivity contribution is 7.92. The molecule has 0 fully saturated rings. The van der Waals surface area contributed by atoms with Gasteiger partial charge in [0.05, 0.1) is 9.95 Å². The minimum Gasteiger partial charge on any atom is -0.258 e. The van der Waals surface area contributed by atoms with Gasteiger partial charge in [-0.3, -0.25) is 10.1 Å². The lowest BCUT2D eigenvalue weighted by Gasteiger charge is -2.08. The fraction of sp³-hybridized carbons (Fsp3) is 0.111. The van der Waals surface area contributed by atoms with Crippen molar-refractivity contribution in [2.45, 2.75) is 4.90 Å². The monoisotopic (exact) mass is 317 g/mol. The standard InChI is InChI=1S/C9H8ClN5O4S/c1-14-9(11-5-12-14)13-20(18,19)8-4-6(15(16)17)2-3-7(8)10/h2-5H,1H3,(H,11,12,13). The van der Waals surface area contributed by atoms with Gasteiger partial charge in [-0.1, -0.05) is 11.6 Å². The number of sulfonamides is 1. The van der Waals surface area contributed by atoms with Crippen LogP contribution < -0.4 is 4.72 Å². The lowest BCUT2D eigenvalue weighted by molar-refractivity contribution is -0.385. The summed E-state index contributed by atoms with van der Waals surface area (Å²) in [5.74, 6) is -0.0347. The Kier molecular flexibility index (Phi) is 3.59. The van der Waals surface area contributed by atoms with E-state index in [1.807, 2.05) is 0 Å². The summed E-state index contributed by atoms with van der Waals surface area (Å²) in [6.07, 6.45) is 1.16. The fourth-order valence-corrected chi connectivity index (χ4v) is 2.93. The first kappa shape index (κ1) is 14.2. The van der Waals surface area contributed by atoms with E-state index in [1.165, 1.54) is 11.7 Å². The summed E-state index contributed by atoms with van der Waals surface area (Å²) in [7, 11) is -2.62. The molecule has 1 heterocycles. The van der Waals surface area contributed by atoms with E-state index in [0.717, 1.165) is 24.5 Å². The Balaban J connectivity index is 2.46. The molecule has 1 N–H and O–H groups in total. The third-order valence-electron chi connectivity index (χ3n) is 2.35. The number of nitrogens with one attached hydrogen (secondary N) is 1. The Hall–Kier alpha value is -2.20. The maximum absolute atomic E-state index is 12.1. The zero-order chi connectivity index (χ0) is 14.9. The van der Waals surface area contributed by atoms with Gasteiger partial charge in [0.15, 0.2) is 0 Å². The number of rotatable bonds is 4. The molecule has 0 saturated carbocycles. The molecule has 1 aromatic heterocycles. The summed E-state index contributed by atoms with van der Waals surface area (Å²) in [5.41, 5.74) is -0.382. The summed E-state index contributed by atoms with van der Waals surface area (Å²) < 4.78 is 27.6. The van der Waals surface area contributed by atoms with Crippen LogP contribution in [0.15, 0.2) is 29.4 Å². The van der Waals surface area contributed by atoms with Crippen LogP contribution in [0, 0.1) is 10.1 Å². The number of nitro groups is 1. The zero-order valence-electron chi connectivity index (χ0n) is 10.0. The molecule has 0 saturated heterocycles. The van der Waals surface area contributed by atoms with Crippen LogP contribution in [0.25, 0.3) is 0 Å². The van der Waals surface area contributed by atoms with Gasteiger partial charge in [-0.25, -0.2) is 17.8 Å². The molecular formula is C9H8ClN5O4S. The smallest absolute Gasteiger partial charge is 0.258 e. The maximum Gasteiger partial charge on any atom is 0.270 e. The van der Waals surface area contributed by atoms with E-state index < -0.39 is 19.8 Å². The minimum absolute atomic E-state index is 0.0347. The van der Waals surface area contributed by atoms with Gasteiger partial charge >= 0.3 is 0 Å². The largest absolute Gasteiger partial charge is 0.270 e.